The lowest BCUT2D eigenvalue weighted by molar-refractivity contribution is -0.151. The van der Waals surface area contributed by atoms with Crippen molar-refractivity contribution < 1.29 is 9.90 Å². The van der Waals surface area contributed by atoms with Gasteiger partial charge in [-0.2, -0.15) is 0 Å². The van der Waals surface area contributed by atoms with Crippen molar-refractivity contribution in [2.45, 2.75) is 25.5 Å². The van der Waals surface area contributed by atoms with Gasteiger partial charge < -0.3 is 10.0 Å². The molecule has 0 radical (unpaired) electrons. The predicted octanol–water partition coefficient (Wildman–Crippen LogP) is 3.68. The van der Waals surface area contributed by atoms with Crippen LogP contribution in [0.5, 0.6) is 0 Å². The van der Waals surface area contributed by atoms with Crippen LogP contribution in [-0.2, 0) is 16.9 Å². The van der Waals surface area contributed by atoms with E-state index in [9.17, 15) is 9.90 Å². The zero-order valence-electron chi connectivity index (χ0n) is 17.9. The van der Waals surface area contributed by atoms with Crippen LogP contribution in [0.3, 0.4) is 0 Å². The molecule has 2 aromatic carbocycles. The SMILES string of the molecule is C/C=C/CC(O)(C(=O)N(C)CC1C2CN(Cc3ccccc3)CC21)c1ccccc1. The third-order valence-corrected chi connectivity index (χ3v) is 6.78. The van der Waals surface area contributed by atoms with Gasteiger partial charge in [-0.05, 0) is 35.8 Å². The highest BCUT2D eigenvalue weighted by Crippen LogP contribution is 2.52. The maximum Gasteiger partial charge on any atom is 0.259 e. The lowest BCUT2D eigenvalue weighted by atomic mass is 9.88. The molecule has 4 nitrogen and oxygen atoms in total. The molecule has 3 atom stereocenters. The van der Waals surface area contributed by atoms with Crippen molar-refractivity contribution in [3.05, 3.63) is 83.9 Å². The number of amides is 1. The zero-order valence-corrected chi connectivity index (χ0v) is 17.9. The summed E-state index contributed by atoms with van der Waals surface area (Å²) in [7, 11) is 1.84. The number of aliphatic hydroxyl groups is 1. The van der Waals surface area contributed by atoms with Crippen LogP contribution < -0.4 is 0 Å². The number of carbonyl (C=O) groups excluding carboxylic acids is 1. The summed E-state index contributed by atoms with van der Waals surface area (Å²) < 4.78 is 0. The van der Waals surface area contributed by atoms with Gasteiger partial charge in [-0.3, -0.25) is 9.69 Å². The molecule has 2 aliphatic rings. The fraction of sp³-hybridized carbons (Fsp3) is 0.423. The average Bonchev–Trinajstić information content (AvgIpc) is 3.21. The van der Waals surface area contributed by atoms with E-state index in [1.807, 2.05) is 56.5 Å². The van der Waals surface area contributed by atoms with Gasteiger partial charge in [-0.1, -0.05) is 72.8 Å². The number of hydrogen-bond acceptors (Lipinski definition) is 3. The van der Waals surface area contributed by atoms with Gasteiger partial charge in [0.1, 0.15) is 0 Å². The maximum absolute atomic E-state index is 13.3. The Bertz CT molecular complexity index is 870. The Labute approximate surface area is 179 Å². The molecular weight excluding hydrogens is 372 g/mol. The first-order chi connectivity index (χ1) is 14.5. The van der Waals surface area contributed by atoms with Crippen LogP contribution in [0.4, 0.5) is 0 Å². The lowest BCUT2D eigenvalue weighted by Gasteiger charge is -2.32. The number of carbonyl (C=O) groups is 1. The minimum Gasteiger partial charge on any atom is -0.375 e. The van der Waals surface area contributed by atoms with Gasteiger partial charge >= 0.3 is 0 Å². The van der Waals surface area contributed by atoms with Crippen molar-refractivity contribution in [3.8, 4) is 0 Å². The summed E-state index contributed by atoms with van der Waals surface area (Å²) in [6.07, 6.45) is 4.04. The van der Waals surface area contributed by atoms with Crippen LogP contribution >= 0.6 is 0 Å². The first-order valence-electron chi connectivity index (χ1n) is 10.9. The molecule has 1 aliphatic carbocycles. The normalized spacial score (nSPS) is 25.1. The molecule has 2 fully saturated rings. The third kappa shape index (κ3) is 4.21. The molecule has 1 N–H and O–H groups in total. The summed E-state index contributed by atoms with van der Waals surface area (Å²) in [5.41, 5.74) is 0.510. The summed E-state index contributed by atoms with van der Waals surface area (Å²) in [6.45, 7) is 5.85. The predicted molar refractivity (Wildman–Crippen MR) is 120 cm³/mol. The van der Waals surface area contributed by atoms with Crippen molar-refractivity contribution in [2.24, 2.45) is 17.8 Å². The van der Waals surface area contributed by atoms with Crippen LogP contribution in [0.1, 0.15) is 24.5 Å². The maximum atomic E-state index is 13.3. The lowest BCUT2D eigenvalue weighted by Crippen LogP contribution is -2.46. The molecule has 0 bridgehead atoms. The Kier molecular flexibility index (Phi) is 6.07. The van der Waals surface area contributed by atoms with Crippen molar-refractivity contribution in [3.63, 3.8) is 0 Å². The molecule has 1 aliphatic heterocycles. The van der Waals surface area contributed by atoms with Crippen molar-refractivity contribution in [1.82, 2.24) is 9.80 Å². The number of piperidine rings is 1. The molecular formula is C26H32N2O2. The van der Waals surface area contributed by atoms with Gasteiger partial charge in [0.05, 0.1) is 0 Å². The van der Waals surface area contributed by atoms with Gasteiger partial charge in [0.25, 0.3) is 5.91 Å². The largest absolute Gasteiger partial charge is 0.375 e. The van der Waals surface area contributed by atoms with E-state index in [-0.39, 0.29) is 5.91 Å². The zero-order chi connectivity index (χ0) is 21.1. The topological polar surface area (TPSA) is 43.8 Å². The summed E-state index contributed by atoms with van der Waals surface area (Å²) >= 11 is 0. The van der Waals surface area contributed by atoms with Crippen LogP contribution in [0.25, 0.3) is 0 Å². The molecule has 4 rings (SSSR count). The number of fused-ring (bicyclic) bond motifs is 1. The second-order valence-electron chi connectivity index (χ2n) is 8.86. The van der Waals surface area contributed by atoms with Gasteiger partial charge in [-0.25, -0.2) is 0 Å². The third-order valence-electron chi connectivity index (χ3n) is 6.78. The minimum absolute atomic E-state index is 0.210. The van der Waals surface area contributed by atoms with Crippen molar-refractivity contribution >= 4 is 5.91 Å². The Hall–Kier alpha value is -2.43. The van der Waals surface area contributed by atoms with Crippen molar-refractivity contribution in [2.75, 3.05) is 26.7 Å². The molecule has 158 valence electrons. The Morgan fingerprint density at radius 3 is 2.30 bits per heavy atom. The molecule has 0 aromatic heterocycles. The van der Waals surface area contributed by atoms with Crippen molar-refractivity contribution in [1.29, 1.82) is 0 Å². The standard InChI is InChI=1S/C26H32N2O2/c1-3-4-15-26(30,21-13-9-6-10-14-21)25(29)27(2)17-22-23-18-28(19-24(22)23)16-20-11-7-5-8-12-20/h3-14,22-24,30H,15-19H2,1-2H3/b4-3+. The second-order valence-corrected chi connectivity index (χ2v) is 8.86. The van der Waals surface area contributed by atoms with Gasteiger partial charge in [-0.15, -0.1) is 0 Å². The van der Waals surface area contributed by atoms with Gasteiger partial charge in [0.2, 0.25) is 0 Å². The van der Waals surface area contributed by atoms with E-state index in [4.69, 9.17) is 0 Å². The number of benzene rings is 2. The molecule has 1 amide bonds. The summed E-state index contributed by atoms with van der Waals surface area (Å²) in [6, 6.07) is 19.9. The Morgan fingerprint density at radius 2 is 1.70 bits per heavy atom. The monoisotopic (exact) mass is 404 g/mol. The van der Waals surface area contributed by atoms with Crippen LogP contribution in [0, 0.1) is 17.8 Å². The highest BCUT2D eigenvalue weighted by atomic mass is 16.3. The fourth-order valence-corrected chi connectivity index (χ4v) is 5.02. The number of nitrogens with zero attached hydrogens (tertiary/aromatic N) is 2. The van der Waals surface area contributed by atoms with Crippen LogP contribution in [0.2, 0.25) is 0 Å². The number of likely N-dealkylation sites (N-methyl/N-ethyl adjacent to an activating group) is 1. The molecule has 1 saturated heterocycles. The molecule has 2 aromatic rings. The number of rotatable bonds is 8. The molecule has 1 heterocycles. The molecule has 0 spiro atoms. The van der Waals surface area contributed by atoms with E-state index in [2.05, 4.69) is 35.2 Å². The highest BCUT2D eigenvalue weighted by Gasteiger charge is 2.56. The molecule has 4 heteroatoms. The summed E-state index contributed by atoms with van der Waals surface area (Å²) in [5, 5.41) is 11.3. The van der Waals surface area contributed by atoms with E-state index in [1.54, 1.807) is 4.90 Å². The summed E-state index contributed by atoms with van der Waals surface area (Å²) in [4.78, 5) is 17.6. The molecule has 3 unspecified atom stereocenters. The molecule has 30 heavy (non-hydrogen) atoms. The first-order valence-corrected chi connectivity index (χ1v) is 10.9. The highest BCUT2D eigenvalue weighted by molar-refractivity contribution is 5.86. The van der Waals surface area contributed by atoms with E-state index < -0.39 is 5.60 Å². The minimum atomic E-state index is -1.51. The van der Waals surface area contributed by atoms with E-state index in [1.165, 1.54) is 5.56 Å². The first kappa shape index (κ1) is 20.8. The summed E-state index contributed by atoms with van der Waals surface area (Å²) in [5.74, 6) is 1.68. The van der Waals surface area contributed by atoms with Crippen LogP contribution in [0.15, 0.2) is 72.8 Å². The fourth-order valence-electron chi connectivity index (χ4n) is 5.02. The van der Waals surface area contributed by atoms with Crippen LogP contribution in [-0.4, -0.2) is 47.5 Å². The quantitative estimate of drug-likeness (QED) is 0.683. The van der Waals surface area contributed by atoms with E-state index in [0.29, 0.717) is 29.7 Å². The van der Waals surface area contributed by atoms with E-state index >= 15 is 0 Å². The van der Waals surface area contributed by atoms with Gasteiger partial charge in [0, 0.05) is 39.6 Å². The number of allylic oxidation sites excluding steroid dienone is 1. The average molecular weight is 405 g/mol. The second kappa shape index (κ2) is 8.75. The van der Waals surface area contributed by atoms with E-state index in [0.717, 1.165) is 26.2 Å². The molecule has 1 saturated carbocycles. The smallest absolute Gasteiger partial charge is 0.259 e. The number of likely N-dealkylation sites (tertiary alicyclic amines) is 1. The number of hydrogen-bond donors (Lipinski definition) is 1. The Balaban J connectivity index is 1.35. The van der Waals surface area contributed by atoms with Gasteiger partial charge in [0.15, 0.2) is 5.60 Å². The Morgan fingerprint density at radius 1 is 1.10 bits per heavy atom.